The highest BCUT2D eigenvalue weighted by Crippen LogP contribution is 2.24. The van der Waals surface area contributed by atoms with E-state index >= 15 is 0 Å². The highest BCUT2D eigenvalue weighted by molar-refractivity contribution is 6.02. The fraction of sp³-hybridized carbons (Fsp3) is 0.429. The Hall–Kier alpha value is -1.85. The Morgan fingerprint density at radius 2 is 1.75 bits per heavy atom. The Morgan fingerprint density at radius 1 is 1.15 bits per heavy atom. The SMILES string of the molecule is Cc1cc(C(=O)C(F)(F)F)ccc1C(=O)N1CCCC1. The quantitative estimate of drug-likeness (QED) is 0.783. The summed E-state index contributed by atoms with van der Waals surface area (Å²) in [6, 6.07) is 3.49. The first-order valence-electron chi connectivity index (χ1n) is 6.32. The largest absolute Gasteiger partial charge is 0.454 e. The lowest BCUT2D eigenvalue weighted by molar-refractivity contribution is -0.0885. The van der Waals surface area contributed by atoms with Crippen molar-refractivity contribution in [2.75, 3.05) is 13.1 Å². The molecule has 108 valence electrons. The maximum Gasteiger partial charge on any atom is 0.454 e. The summed E-state index contributed by atoms with van der Waals surface area (Å²) in [5.74, 6) is -2.08. The van der Waals surface area contributed by atoms with Crippen LogP contribution in [0, 0.1) is 6.92 Å². The summed E-state index contributed by atoms with van der Waals surface area (Å²) >= 11 is 0. The smallest absolute Gasteiger partial charge is 0.339 e. The van der Waals surface area contributed by atoms with Crippen LogP contribution >= 0.6 is 0 Å². The molecule has 0 aromatic heterocycles. The van der Waals surface area contributed by atoms with Gasteiger partial charge in [0.2, 0.25) is 0 Å². The zero-order valence-electron chi connectivity index (χ0n) is 11.0. The van der Waals surface area contributed by atoms with Crippen molar-refractivity contribution in [2.45, 2.75) is 25.9 Å². The van der Waals surface area contributed by atoms with Gasteiger partial charge < -0.3 is 4.90 Å². The number of nitrogens with zero attached hydrogens (tertiary/aromatic N) is 1. The van der Waals surface area contributed by atoms with Crippen molar-refractivity contribution < 1.29 is 22.8 Å². The van der Waals surface area contributed by atoms with Gasteiger partial charge in [-0.05, 0) is 37.5 Å². The maximum atomic E-state index is 12.3. The molecule has 1 aliphatic heterocycles. The third-order valence-corrected chi connectivity index (χ3v) is 3.37. The Kier molecular flexibility index (Phi) is 3.83. The second kappa shape index (κ2) is 5.26. The number of carbonyl (C=O) groups excluding carboxylic acids is 2. The van der Waals surface area contributed by atoms with Crippen LogP contribution in [0.25, 0.3) is 0 Å². The van der Waals surface area contributed by atoms with Crippen LogP contribution in [-0.4, -0.2) is 35.9 Å². The Labute approximate surface area is 114 Å². The average Bonchev–Trinajstić information content (AvgIpc) is 2.89. The molecular formula is C14H14F3NO2. The number of rotatable bonds is 2. The number of aryl methyl sites for hydroxylation is 1. The highest BCUT2D eigenvalue weighted by Gasteiger charge is 2.39. The molecule has 0 saturated carbocycles. The fourth-order valence-corrected chi connectivity index (χ4v) is 2.30. The van der Waals surface area contributed by atoms with Gasteiger partial charge >= 0.3 is 6.18 Å². The molecule has 1 aromatic carbocycles. The molecule has 1 heterocycles. The van der Waals surface area contributed by atoms with Gasteiger partial charge in [0.1, 0.15) is 0 Å². The predicted molar refractivity (Wildman–Crippen MR) is 66.7 cm³/mol. The molecule has 0 radical (unpaired) electrons. The summed E-state index contributed by atoms with van der Waals surface area (Å²) in [5.41, 5.74) is 0.301. The van der Waals surface area contributed by atoms with Crippen molar-refractivity contribution in [3.05, 3.63) is 34.9 Å². The van der Waals surface area contributed by atoms with Crippen LogP contribution in [-0.2, 0) is 0 Å². The molecule has 1 aliphatic rings. The first-order chi connectivity index (χ1) is 9.30. The molecule has 1 amide bonds. The number of amides is 1. The predicted octanol–water partition coefficient (Wildman–Crippen LogP) is 2.98. The van der Waals surface area contributed by atoms with Gasteiger partial charge in [-0.15, -0.1) is 0 Å². The Balaban J connectivity index is 2.26. The van der Waals surface area contributed by atoms with Crippen LogP contribution in [0.5, 0.6) is 0 Å². The summed E-state index contributed by atoms with van der Waals surface area (Å²) in [6.45, 7) is 2.87. The zero-order valence-corrected chi connectivity index (χ0v) is 11.0. The van der Waals surface area contributed by atoms with Gasteiger partial charge in [0, 0.05) is 24.2 Å². The van der Waals surface area contributed by atoms with E-state index in [1.165, 1.54) is 13.0 Å². The second-order valence-electron chi connectivity index (χ2n) is 4.86. The van der Waals surface area contributed by atoms with E-state index in [0.29, 0.717) is 24.2 Å². The number of hydrogen-bond acceptors (Lipinski definition) is 2. The number of carbonyl (C=O) groups is 2. The number of alkyl halides is 3. The molecule has 0 unspecified atom stereocenters. The third kappa shape index (κ3) is 2.84. The summed E-state index contributed by atoms with van der Waals surface area (Å²) in [5, 5.41) is 0. The number of halogens is 3. The van der Waals surface area contributed by atoms with E-state index in [2.05, 4.69) is 0 Å². The van der Waals surface area contributed by atoms with Crippen LogP contribution < -0.4 is 0 Å². The van der Waals surface area contributed by atoms with Crippen molar-refractivity contribution in [1.82, 2.24) is 4.90 Å². The van der Waals surface area contributed by atoms with Gasteiger partial charge in [-0.25, -0.2) is 0 Å². The minimum atomic E-state index is -4.90. The third-order valence-electron chi connectivity index (χ3n) is 3.37. The molecule has 1 aromatic rings. The molecule has 3 nitrogen and oxygen atoms in total. The minimum absolute atomic E-state index is 0.189. The molecule has 6 heteroatoms. The average molecular weight is 285 g/mol. The van der Waals surface area contributed by atoms with Crippen molar-refractivity contribution in [3.8, 4) is 0 Å². The lowest BCUT2D eigenvalue weighted by Crippen LogP contribution is -2.28. The van der Waals surface area contributed by atoms with E-state index in [1.54, 1.807) is 4.90 Å². The number of hydrogen-bond donors (Lipinski definition) is 0. The van der Waals surface area contributed by atoms with E-state index in [9.17, 15) is 22.8 Å². The molecule has 1 fully saturated rings. The van der Waals surface area contributed by atoms with E-state index in [4.69, 9.17) is 0 Å². The molecule has 0 bridgehead atoms. The molecular weight excluding hydrogens is 271 g/mol. The molecule has 0 N–H and O–H groups in total. The van der Waals surface area contributed by atoms with Gasteiger partial charge in [0.15, 0.2) is 0 Å². The van der Waals surface area contributed by atoms with Crippen LogP contribution in [0.2, 0.25) is 0 Å². The molecule has 0 atom stereocenters. The van der Waals surface area contributed by atoms with Crippen LogP contribution in [0.4, 0.5) is 13.2 Å². The van der Waals surface area contributed by atoms with Crippen molar-refractivity contribution in [1.29, 1.82) is 0 Å². The number of likely N-dealkylation sites (tertiary alicyclic amines) is 1. The van der Waals surface area contributed by atoms with E-state index in [-0.39, 0.29) is 5.91 Å². The van der Waals surface area contributed by atoms with Crippen LogP contribution in [0.1, 0.15) is 39.1 Å². The van der Waals surface area contributed by atoms with Gasteiger partial charge in [-0.3, -0.25) is 9.59 Å². The second-order valence-corrected chi connectivity index (χ2v) is 4.86. The molecule has 2 rings (SSSR count). The summed E-state index contributed by atoms with van der Waals surface area (Å²) < 4.78 is 37.0. The maximum absolute atomic E-state index is 12.3. The molecule has 20 heavy (non-hydrogen) atoms. The summed E-state index contributed by atoms with van der Waals surface area (Å²) in [6.07, 6.45) is -3.02. The van der Waals surface area contributed by atoms with Gasteiger partial charge in [0.05, 0.1) is 0 Å². The van der Waals surface area contributed by atoms with Gasteiger partial charge in [0.25, 0.3) is 11.7 Å². The summed E-state index contributed by atoms with van der Waals surface area (Å²) in [7, 11) is 0. The normalized spacial score (nSPS) is 15.5. The Morgan fingerprint density at radius 3 is 2.25 bits per heavy atom. The Bertz CT molecular complexity index is 546. The van der Waals surface area contributed by atoms with E-state index in [0.717, 1.165) is 25.0 Å². The standard InChI is InChI=1S/C14H14F3NO2/c1-9-8-10(12(19)14(15,16)17)4-5-11(9)13(20)18-6-2-3-7-18/h4-5,8H,2-3,6-7H2,1H3. The number of Topliss-reactive ketones (excluding diaryl/α,β-unsaturated/α-hetero) is 1. The number of benzene rings is 1. The monoisotopic (exact) mass is 285 g/mol. The van der Waals surface area contributed by atoms with E-state index < -0.39 is 17.5 Å². The van der Waals surface area contributed by atoms with Crippen molar-refractivity contribution in [2.24, 2.45) is 0 Å². The molecule has 0 aliphatic carbocycles. The van der Waals surface area contributed by atoms with Crippen molar-refractivity contribution in [3.63, 3.8) is 0 Å². The van der Waals surface area contributed by atoms with E-state index in [1.807, 2.05) is 0 Å². The van der Waals surface area contributed by atoms with Crippen LogP contribution in [0.3, 0.4) is 0 Å². The number of ketones is 1. The van der Waals surface area contributed by atoms with Crippen molar-refractivity contribution >= 4 is 11.7 Å². The first kappa shape index (κ1) is 14.6. The topological polar surface area (TPSA) is 37.4 Å². The summed E-state index contributed by atoms with van der Waals surface area (Å²) in [4.78, 5) is 25.0. The lowest BCUT2D eigenvalue weighted by atomic mass is 10.0. The fourth-order valence-electron chi connectivity index (χ4n) is 2.30. The molecule has 1 saturated heterocycles. The van der Waals surface area contributed by atoms with Gasteiger partial charge in [-0.1, -0.05) is 6.07 Å². The first-order valence-corrected chi connectivity index (χ1v) is 6.32. The highest BCUT2D eigenvalue weighted by atomic mass is 19.4. The lowest BCUT2D eigenvalue weighted by Gasteiger charge is -2.17. The van der Waals surface area contributed by atoms with Gasteiger partial charge in [-0.2, -0.15) is 13.2 Å². The minimum Gasteiger partial charge on any atom is -0.339 e. The zero-order chi connectivity index (χ0) is 14.9. The molecule has 0 spiro atoms. The van der Waals surface area contributed by atoms with Crippen LogP contribution in [0.15, 0.2) is 18.2 Å².